The monoisotopic (exact) mass is 365 g/mol. The van der Waals surface area contributed by atoms with E-state index in [0.29, 0.717) is 6.47 Å². The third kappa shape index (κ3) is 7.30. The lowest BCUT2D eigenvalue weighted by molar-refractivity contribution is -0.138. The predicted octanol–water partition coefficient (Wildman–Crippen LogP) is 3.05. The Kier molecular flexibility index (Phi) is 8.28. The normalized spacial score (nSPS) is 26.5. The van der Waals surface area contributed by atoms with Gasteiger partial charge in [0.25, 0.3) is 6.47 Å². The Bertz CT molecular complexity index is 401. The molecule has 6 heteroatoms. The Morgan fingerprint density at radius 2 is 1.75 bits per heavy atom. The minimum Gasteiger partial charge on any atom is -0.462 e. The van der Waals surface area contributed by atoms with Gasteiger partial charge in [-0.2, -0.15) is 0 Å². The van der Waals surface area contributed by atoms with Crippen molar-refractivity contribution in [2.45, 2.75) is 64.9 Å². The molecule has 0 bridgehead atoms. The van der Waals surface area contributed by atoms with Crippen LogP contribution >= 0.6 is 10.3 Å². The molecule has 0 aliphatic carbocycles. The molecule has 0 aromatic carbocycles. The Balaban J connectivity index is 0.000000640. The quantitative estimate of drug-likeness (QED) is 0.776. The van der Waals surface area contributed by atoms with E-state index in [9.17, 15) is 9.90 Å². The number of ether oxygens (including phenoxy) is 1. The molecule has 0 saturated carbocycles. The highest BCUT2D eigenvalue weighted by molar-refractivity contribution is 8.29. The van der Waals surface area contributed by atoms with Crippen LogP contribution in [0.5, 0.6) is 0 Å². The van der Waals surface area contributed by atoms with E-state index >= 15 is 0 Å². The first-order valence-electron chi connectivity index (χ1n) is 8.40. The molecule has 0 aromatic heterocycles. The maximum absolute atomic E-state index is 9.62. The molecule has 1 N–H and O–H groups in total. The van der Waals surface area contributed by atoms with E-state index in [-0.39, 0.29) is 28.5 Å². The van der Waals surface area contributed by atoms with Gasteiger partial charge in [0.2, 0.25) is 0 Å². The third-order valence-corrected chi connectivity index (χ3v) is 8.14. The van der Waals surface area contributed by atoms with Gasteiger partial charge in [0.05, 0.1) is 12.7 Å². The maximum atomic E-state index is 9.62. The fourth-order valence-corrected chi connectivity index (χ4v) is 3.33. The summed E-state index contributed by atoms with van der Waals surface area (Å²) in [5.74, 6) is 0. The molecule has 1 aliphatic rings. The zero-order valence-electron chi connectivity index (χ0n) is 17.3. The first kappa shape index (κ1) is 23.7. The summed E-state index contributed by atoms with van der Waals surface area (Å²) in [6.45, 7) is 16.8. The fourth-order valence-electron chi connectivity index (χ4n) is 2.16. The van der Waals surface area contributed by atoms with Gasteiger partial charge in [-0.1, -0.05) is 27.7 Å². The van der Waals surface area contributed by atoms with Crippen LogP contribution in [0.1, 0.15) is 48.5 Å². The molecule has 0 radical (unpaired) electrons. The number of likely N-dealkylation sites (N-methyl/N-ethyl adjacent to an activating group) is 1. The highest BCUT2D eigenvalue weighted by Crippen LogP contribution is 2.56. The number of nitrogens with zero attached hydrogens (tertiary/aromatic N) is 1. The van der Waals surface area contributed by atoms with Crippen LogP contribution in [0.15, 0.2) is 0 Å². The molecule has 1 saturated heterocycles. The minimum atomic E-state index is -1.12. The number of aliphatic hydroxyl groups excluding tert-OH is 1. The molecule has 0 spiro atoms. The largest absolute Gasteiger partial charge is 0.462 e. The summed E-state index contributed by atoms with van der Waals surface area (Å²) in [5, 5.41) is 9.62. The molecular weight excluding hydrogens is 326 g/mol. The second-order valence-electron chi connectivity index (χ2n) is 9.27. The van der Waals surface area contributed by atoms with Crippen LogP contribution in [0.3, 0.4) is 0 Å². The molecule has 0 amide bonds. The molecule has 1 aliphatic heterocycles. The van der Waals surface area contributed by atoms with Crippen LogP contribution in [0.2, 0.25) is 0 Å². The van der Waals surface area contributed by atoms with Gasteiger partial charge < -0.3 is 18.9 Å². The van der Waals surface area contributed by atoms with Crippen molar-refractivity contribution >= 4 is 16.8 Å². The van der Waals surface area contributed by atoms with Crippen LogP contribution in [-0.4, -0.2) is 72.2 Å². The van der Waals surface area contributed by atoms with Crippen LogP contribution in [0, 0.1) is 5.41 Å². The molecule has 2 atom stereocenters. The summed E-state index contributed by atoms with van der Waals surface area (Å²) >= 11 is 0. The lowest BCUT2D eigenvalue weighted by Crippen LogP contribution is -2.39. The van der Waals surface area contributed by atoms with Crippen molar-refractivity contribution in [3.63, 3.8) is 0 Å². The van der Waals surface area contributed by atoms with Gasteiger partial charge in [-0.15, -0.1) is 10.3 Å². The summed E-state index contributed by atoms with van der Waals surface area (Å²) in [6.07, 6.45) is 4.59. The molecule has 0 aromatic rings. The summed E-state index contributed by atoms with van der Waals surface area (Å²) in [6, 6.07) is 0. The number of carbonyl (C=O) groups is 1. The van der Waals surface area contributed by atoms with Crippen molar-refractivity contribution < 1.29 is 18.8 Å². The number of aliphatic hydroxyl groups is 1. The number of hydrogen-bond acceptors (Lipinski definition) is 5. The molecule has 1 rings (SSSR count). The minimum absolute atomic E-state index is 0.121. The zero-order valence-corrected chi connectivity index (χ0v) is 18.1. The van der Waals surface area contributed by atoms with Crippen molar-refractivity contribution in [2.24, 2.45) is 5.41 Å². The molecule has 1 fully saturated rings. The average Bonchev–Trinajstić information content (AvgIpc) is 2.62. The summed E-state index contributed by atoms with van der Waals surface area (Å²) < 4.78 is 11.1. The van der Waals surface area contributed by atoms with E-state index in [2.05, 4.69) is 56.9 Å². The Morgan fingerprint density at radius 3 is 2.04 bits per heavy atom. The Labute approximate surface area is 150 Å². The standard InChI is InChI=1S/C13H29NO2S.C5H10O2/c1-12(2,3)17(6,7)16-11-8-14(5)9-13(11,4)10-15;1-5(2,3)7-4-6/h11,15H,8-10H2,1-7H3;4H,1-3H3. The van der Waals surface area contributed by atoms with Gasteiger partial charge in [-0.05, 0) is 40.3 Å². The average molecular weight is 366 g/mol. The van der Waals surface area contributed by atoms with E-state index in [1.54, 1.807) is 0 Å². The van der Waals surface area contributed by atoms with Crippen molar-refractivity contribution in [3.8, 4) is 0 Å². The molecular formula is C18H39NO4S. The van der Waals surface area contributed by atoms with Crippen molar-refractivity contribution in [1.82, 2.24) is 4.90 Å². The van der Waals surface area contributed by atoms with E-state index in [1.807, 2.05) is 20.8 Å². The Hall–Kier alpha value is -0.300. The lowest BCUT2D eigenvalue weighted by atomic mass is 9.88. The fraction of sp³-hybridized carbons (Fsp3) is 0.944. The van der Waals surface area contributed by atoms with Gasteiger partial charge in [0.1, 0.15) is 5.60 Å². The van der Waals surface area contributed by atoms with E-state index in [0.717, 1.165) is 13.1 Å². The number of carbonyl (C=O) groups excluding carboxylic acids is 1. The summed E-state index contributed by atoms with van der Waals surface area (Å²) in [7, 11) is 0.970. The summed E-state index contributed by atoms with van der Waals surface area (Å²) in [5.41, 5.74) is -0.438. The van der Waals surface area contributed by atoms with Crippen molar-refractivity contribution in [3.05, 3.63) is 0 Å². The van der Waals surface area contributed by atoms with Crippen LogP contribution < -0.4 is 0 Å². The zero-order chi connectivity index (χ0) is 19.4. The van der Waals surface area contributed by atoms with Crippen molar-refractivity contribution in [2.75, 3.05) is 39.3 Å². The Morgan fingerprint density at radius 1 is 1.25 bits per heavy atom. The van der Waals surface area contributed by atoms with E-state index in [1.165, 1.54) is 0 Å². The first-order valence-corrected chi connectivity index (χ1v) is 10.8. The number of hydrogen-bond donors (Lipinski definition) is 1. The first-order chi connectivity index (χ1) is 10.6. The molecule has 2 unspecified atom stereocenters. The van der Waals surface area contributed by atoms with Crippen molar-refractivity contribution in [1.29, 1.82) is 0 Å². The SMILES string of the molecule is CC(C)(C)OC=O.CN1CC(OS(C)(C)C(C)(C)C)C(C)(CO)C1. The van der Waals surface area contributed by atoms with Crippen LogP contribution in [-0.2, 0) is 13.7 Å². The van der Waals surface area contributed by atoms with Gasteiger partial charge in [0.15, 0.2) is 0 Å². The maximum Gasteiger partial charge on any atom is 0.293 e. The van der Waals surface area contributed by atoms with Gasteiger partial charge >= 0.3 is 0 Å². The van der Waals surface area contributed by atoms with Crippen LogP contribution in [0.4, 0.5) is 0 Å². The van der Waals surface area contributed by atoms with Crippen LogP contribution in [0.25, 0.3) is 0 Å². The van der Waals surface area contributed by atoms with Gasteiger partial charge in [-0.3, -0.25) is 4.79 Å². The van der Waals surface area contributed by atoms with Gasteiger partial charge in [0, 0.05) is 23.3 Å². The highest BCUT2D eigenvalue weighted by atomic mass is 32.3. The van der Waals surface area contributed by atoms with E-state index < -0.39 is 10.3 Å². The molecule has 146 valence electrons. The van der Waals surface area contributed by atoms with E-state index in [4.69, 9.17) is 4.18 Å². The third-order valence-electron chi connectivity index (χ3n) is 4.48. The topological polar surface area (TPSA) is 59.0 Å². The lowest BCUT2D eigenvalue weighted by Gasteiger charge is -2.47. The number of rotatable bonds is 4. The number of likely N-dealkylation sites (tertiary alicyclic amines) is 1. The second-order valence-corrected chi connectivity index (χ2v) is 13.1. The summed E-state index contributed by atoms with van der Waals surface area (Å²) in [4.78, 5) is 11.8. The smallest absolute Gasteiger partial charge is 0.293 e. The highest BCUT2D eigenvalue weighted by Gasteiger charge is 2.45. The molecule has 24 heavy (non-hydrogen) atoms. The van der Waals surface area contributed by atoms with Gasteiger partial charge in [-0.25, -0.2) is 0 Å². The second kappa shape index (κ2) is 8.39. The predicted molar refractivity (Wildman–Crippen MR) is 104 cm³/mol. The molecule has 5 nitrogen and oxygen atoms in total. The molecule has 1 heterocycles.